The van der Waals surface area contributed by atoms with E-state index in [2.05, 4.69) is 22.8 Å². The van der Waals surface area contributed by atoms with E-state index in [9.17, 15) is 4.79 Å². The van der Waals surface area contributed by atoms with Gasteiger partial charge in [-0.1, -0.05) is 11.6 Å². The number of carbonyl (C=O) groups excluding carboxylic acids is 1. The lowest BCUT2D eigenvalue weighted by Gasteiger charge is -2.14. The summed E-state index contributed by atoms with van der Waals surface area (Å²) in [6.45, 7) is 2.81. The van der Waals surface area contributed by atoms with E-state index in [0.717, 1.165) is 50.4 Å². The van der Waals surface area contributed by atoms with Crippen molar-refractivity contribution in [3.63, 3.8) is 0 Å². The first-order valence-electron chi connectivity index (χ1n) is 9.94. The van der Waals surface area contributed by atoms with Gasteiger partial charge in [0.2, 0.25) is 0 Å². The third-order valence-electron chi connectivity index (χ3n) is 5.54. The van der Waals surface area contributed by atoms with Gasteiger partial charge in [0, 0.05) is 42.6 Å². The second-order valence-electron chi connectivity index (χ2n) is 7.31. The van der Waals surface area contributed by atoms with Crippen molar-refractivity contribution in [2.75, 3.05) is 26.3 Å². The lowest BCUT2D eigenvalue weighted by Crippen LogP contribution is -2.37. The van der Waals surface area contributed by atoms with Gasteiger partial charge in [-0.25, -0.2) is 4.79 Å². The molecule has 2 heterocycles. The zero-order valence-electron chi connectivity index (χ0n) is 15.4. The Bertz CT molecular complexity index is 679. The number of rotatable bonds is 6. The summed E-state index contributed by atoms with van der Waals surface area (Å²) in [5.74, 6) is 2.04. The number of hydrogen-bond acceptors (Lipinski definition) is 3. The maximum atomic E-state index is 12.0. The molecule has 0 bridgehead atoms. The lowest BCUT2D eigenvalue weighted by molar-refractivity contribution is 0.241. The largest absolute Gasteiger partial charge is 0.493 e. The molecular formula is C21H28N2O3. The van der Waals surface area contributed by atoms with Crippen LogP contribution in [-0.4, -0.2) is 32.3 Å². The standard InChI is InChI=1S/C21H28N2O3/c24-21(22-10-6-15-4-2-1-3-5-15)23-11-7-18-17-9-13-25-19(17)14-16-8-12-26-20(16)18/h4,14H,1-3,5-13H2,(H2,22,23,24). The molecule has 140 valence electrons. The van der Waals surface area contributed by atoms with Crippen LogP contribution < -0.4 is 20.1 Å². The summed E-state index contributed by atoms with van der Waals surface area (Å²) >= 11 is 0. The molecule has 1 aliphatic carbocycles. The van der Waals surface area contributed by atoms with Gasteiger partial charge in [-0.05, 0) is 44.6 Å². The van der Waals surface area contributed by atoms with Crippen molar-refractivity contribution in [2.45, 2.75) is 51.4 Å². The predicted molar refractivity (Wildman–Crippen MR) is 101 cm³/mol. The first-order chi connectivity index (χ1) is 12.8. The highest BCUT2D eigenvalue weighted by molar-refractivity contribution is 5.73. The van der Waals surface area contributed by atoms with Crippen LogP contribution in [0.5, 0.6) is 11.5 Å². The van der Waals surface area contributed by atoms with Crippen molar-refractivity contribution in [1.29, 1.82) is 0 Å². The Morgan fingerprint density at radius 1 is 1.00 bits per heavy atom. The molecule has 0 spiro atoms. The molecule has 0 aromatic heterocycles. The monoisotopic (exact) mass is 356 g/mol. The van der Waals surface area contributed by atoms with Crippen molar-refractivity contribution >= 4 is 6.03 Å². The van der Waals surface area contributed by atoms with Gasteiger partial charge >= 0.3 is 6.03 Å². The minimum absolute atomic E-state index is 0.0807. The Morgan fingerprint density at radius 2 is 1.85 bits per heavy atom. The molecule has 5 heteroatoms. The molecule has 26 heavy (non-hydrogen) atoms. The molecular weight excluding hydrogens is 328 g/mol. The van der Waals surface area contributed by atoms with Crippen LogP contribution >= 0.6 is 0 Å². The zero-order chi connectivity index (χ0) is 17.8. The number of allylic oxidation sites excluding steroid dienone is 1. The van der Waals surface area contributed by atoms with Gasteiger partial charge in [0.1, 0.15) is 11.5 Å². The first kappa shape index (κ1) is 17.3. The molecule has 4 rings (SSSR count). The van der Waals surface area contributed by atoms with Gasteiger partial charge in [0.15, 0.2) is 0 Å². The summed E-state index contributed by atoms with van der Waals surface area (Å²) in [5.41, 5.74) is 5.22. The van der Waals surface area contributed by atoms with Gasteiger partial charge in [-0.3, -0.25) is 0 Å². The molecule has 5 nitrogen and oxygen atoms in total. The second kappa shape index (κ2) is 8.02. The van der Waals surface area contributed by atoms with Crippen molar-refractivity contribution in [1.82, 2.24) is 10.6 Å². The van der Waals surface area contributed by atoms with Crippen LogP contribution in [0.2, 0.25) is 0 Å². The molecule has 2 aliphatic heterocycles. The van der Waals surface area contributed by atoms with E-state index in [4.69, 9.17) is 9.47 Å². The number of fused-ring (bicyclic) bond motifs is 2. The smallest absolute Gasteiger partial charge is 0.314 e. The number of hydrogen-bond donors (Lipinski definition) is 2. The Hall–Kier alpha value is -2.17. The molecule has 0 fully saturated rings. The number of ether oxygens (including phenoxy) is 2. The topological polar surface area (TPSA) is 59.6 Å². The minimum Gasteiger partial charge on any atom is -0.493 e. The molecule has 1 aromatic rings. The van der Waals surface area contributed by atoms with Crippen LogP contribution in [0.1, 0.15) is 48.8 Å². The third-order valence-corrected chi connectivity index (χ3v) is 5.54. The Kier molecular flexibility index (Phi) is 5.32. The van der Waals surface area contributed by atoms with E-state index in [1.54, 1.807) is 0 Å². The molecule has 0 saturated carbocycles. The van der Waals surface area contributed by atoms with E-state index in [-0.39, 0.29) is 6.03 Å². The molecule has 2 N–H and O–H groups in total. The van der Waals surface area contributed by atoms with Gasteiger partial charge in [0.25, 0.3) is 0 Å². The van der Waals surface area contributed by atoms with Crippen LogP contribution in [0.3, 0.4) is 0 Å². The Balaban J connectivity index is 1.26. The van der Waals surface area contributed by atoms with E-state index in [0.29, 0.717) is 13.1 Å². The summed E-state index contributed by atoms with van der Waals surface area (Å²) in [7, 11) is 0. The molecule has 2 amide bonds. The van der Waals surface area contributed by atoms with Crippen molar-refractivity contribution in [3.8, 4) is 11.5 Å². The van der Waals surface area contributed by atoms with Gasteiger partial charge in [-0.2, -0.15) is 0 Å². The van der Waals surface area contributed by atoms with Crippen molar-refractivity contribution in [2.24, 2.45) is 0 Å². The summed E-state index contributed by atoms with van der Waals surface area (Å²) in [6.07, 6.45) is 10.9. The number of urea groups is 1. The molecule has 1 aromatic carbocycles. The first-order valence-corrected chi connectivity index (χ1v) is 9.94. The molecule has 0 radical (unpaired) electrons. The maximum absolute atomic E-state index is 12.0. The fraction of sp³-hybridized carbons (Fsp3) is 0.571. The fourth-order valence-corrected chi connectivity index (χ4v) is 4.18. The quantitative estimate of drug-likeness (QED) is 0.769. The normalized spacial score (nSPS) is 17.6. The van der Waals surface area contributed by atoms with Crippen LogP contribution in [0.15, 0.2) is 17.7 Å². The third kappa shape index (κ3) is 3.81. The van der Waals surface area contributed by atoms with Crippen LogP contribution in [-0.2, 0) is 19.3 Å². The molecule has 0 saturated heterocycles. The Morgan fingerprint density at radius 3 is 2.69 bits per heavy atom. The molecule has 0 atom stereocenters. The summed E-state index contributed by atoms with van der Waals surface area (Å²) in [6, 6.07) is 2.05. The van der Waals surface area contributed by atoms with Crippen LogP contribution in [0.4, 0.5) is 4.79 Å². The zero-order valence-corrected chi connectivity index (χ0v) is 15.4. The van der Waals surface area contributed by atoms with Crippen LogP contribution in [0.25, 0.3) is 0 Å². The maximum Gasteiger partial charge on any atom is 0.314 e. The van der Waals surface area contributed by atoms with Gasteiger partial charge < -0.3 is 20.1 Å². The summed E-state index contributed by atoms with van der Waals surface area (Å²) in [4.78, 5) is 12.0. The average Bonchev–Trinajstić information content (AvgIpc) is 3.31. The average molecular weight is 356 g/mol. The number of benzene rings is 1. The summed E-state index contributed by atoms with van der Waals surface area (Å²) in [5, 5.41) is 5.96. The SMILES string of the molecule is O=C(NCCC1=CCCCC1)NCCc1c2c(cc3c1OCC3)OCC2. The number of amides is 2. The van der Waals surface area contributed by atoms with E-state index < -0.39 is 0 Å². The van der Waals surface area contributed by atoms with E-state index >= 15 is 0 Å². The van der Waals surface area contributed by atoms with Crippen molar-refractivity contribution < 1.29 is 14.3 Å². The predicted octanol–water partition coefficient (Wildman–Crippen LogP) is 3.29. The minimum atomic E-state index is -0.0807. The lowest BCUT2D eigenvalue weighted by atomic mass is 9.97. The highest BCUT2D eigenvalue weighted by Gasteiger charge is 2.26. The second-order valence-corrected chi connectivity index (χ2v) is 7.31. The van der Waals surface area contributed by atoms with Crippen molar-refractivity contribution in [3.05, 3.63) is 34.4 Å². The highest BCUT2D eigenvalue weighted by atomic mass is 16.5. The number of carbonyl (C=O) groups is 1. The summed E-state index contributed by atoms with van der Waals surface area (Å²) < 4.78 is 11.6. The van der Waals surface area contributed by atoms with E-state index in [1.807, 2.05) is 0 Å². The molecule has 3 aliphatic rings. The van der Waals surface area contributed by atoms with Gasteiger partial charge in [0.05, 0.1) is 13.2 Å². The van der Waals surface area contributed by atoms with E-state index in [1.165, 1.54) is 47.9 Å². The van der Waals surface area contributed by atoms with Crippen LogP contribution in [0, 0.1) is 0 Å². The highest BCUT2D eigenvalue weighted by Crippen LogP contribution is 2.40. The Labute approximate surface area is 155 Å². The fourth-order valence-electron chi connectivity index (χ4n) is 4.18. The molecule has 0 unspecified atom stereocenters. The van der Waals surface area contributed by atoms with Gasteiger partial charge in [-0.15, -0.1) is 0 Å². The number of nitrogens with one attached hydrogen (secondary N) is 2.